The standard InChI is InChI=1S/C11H9Cl2N5O/c12-9-10(13)16-5-17-11(9)18-8(19)3-7-2-1-6(14)4-15-7/h1-2,4-5H,3,14H2,(H,16,17,18,19). The SMILES string of the molecule is Nc1ccc(CC(=O)Nc2ncnc(Cl)c2Cl)nc1. The molecule has 6 nitrogen and oxygen atoms in total. The molecule has 0 radical (unpaired) electrons. The van der Waals surface area contributed by atoms with E-state index in [9.17, 15) is 4.79 Å². The summed E-state index contributed by atoms with van der Waals surface area (Å²) in [5, 5.41) is 2.72. The van der Waals surface area contributed by atoms with E-state index in [-0.39, 0.29) is 28.3 Å². The molecule has 2 heterocycles. The highest BCUT2D eigenvalue weighted by Crippen LogP contribution is 2.25. The molecule has 0 aliphatic rings. The summed E-state index contributed by atoms with van der Waals surface area (Å²) in [6.45, 7) is 0. The van der Waals surface area contributed by atoms with Gasteiger partial charge in [0.05, 0.1) is 18.3 Å². The number of aromatic nitrogens is 3. The van der Waals surface area contributed by atoms with Crippen molar-refractivity contribution in [1.29, 1.82) is 0 Å². The van der Waals surface area contributed by atoms with Gasteiger partial charge in [0.1, 0.15) is 11.3 Å². The van der Waals surface area contributed by atoms with Crippen molar-refractivity contribution in [3.05, 3.63) is 40.5 Å². The van der Waals surface area contributed by atoms with Crippen LogP contribution in [-0.2, 0) is 11.2 Å². The number of nitrogens with one attached hydrogen (secondary N) is 1. The molecule has 0 fully saturated rings. The molecule has 19 heavy (non-hydrogen) atoms. The number of hydrogen-bond acceptors (Lipinski definition) is 5. The Labute approximate surface area is 119 Å². The van der Waals surface area contributed by atoms with Crippen LogP contribution in [0.25, 0.3) is 0 Å². The number of nitrogens with zero attached hydrogens (tertiary/aromatic N) is 3. The van der Waals surface area contributed by atoms with E-state index in [4.69, 9.17) is 28.9 Å². The van der Waals surface area contributed by atoms with Crippen LogP contribution in [0.3, 0.4) is 0 Å². The van der Waals surface area contributed by atoms with Crippen LogP contribution in [-0.4, -0.2) is 20.9 Å². The van der Waals surface area contributed by atoms with Gasteiger partial charge in [0.15, 0.2) is 11.0 Å². The molecule has 2 rings (SSSR count). The molecule has 0 saturated heterocycles. The first kappa shape index (κ1) is 13.5. The highest BCUT2D eigenvalue weighted by Gasteiger charge is 2.11. The first-order valence-electron chi connectivity index (χ1n) is 5.22. The average molecular weight is 298 g/mol. The van der Waals surface area contributed by atoms with Gasteiger partial charge in [-0.25, -0.2) is 9.97 Å². The van der Waals surface area contributed by atoms with Crippen LogP contribution >= 0.6 is 23.2 Å². The van der Waals surface area contributed by atoms with Crippen LogP contribution < -0.4 is 11.1 Å². The summed E-state index contributed by atoms with van der Waals surface area (Å²) in [7, 11) is 0. The fourth-order valence-electron chi connectivity index (χ4n) is 1.32. The fourth-order valence-corrected chi connectivity index (χ4v) is 1.59. The predicted molar refractivity (Wildman–Crippen MR) is 73.0 cm³/mol. The Bertz CT molecular complexity index is 603. The Morgan fingerprint density at radius 2 is 2.05 bits per heavy atom. The van der Waals surface area contributed by atoms with Crippen molar-refractivity contribution in [2.75, 3.05) is 11.1 Å². The lowest BCUT2D eigenvalue weighted by Gasteiger charge is -2.06. The van der Waals surface area contributed by atoms with E-state index in [1.54, 1.807) is 12.1 Å². The van der Waals surface area contributed by atoms with Gasteiger partial charge in [-0.15, -0.1) is 0 Å². The van der Waals surface area contributed by atoms with E-state index in [1.807, 2.05) is 0 Å². The zero-order valence-electron chi connectivity index (χ0n) is 9.60. The summed E-state index contributed by atoms with van der Waals surface area (Å²) < 4.78 is 0. The van der Waals surface area contributed by atoms with Crippen LogP contribution in [0.1, 0.15) is 5.69 Å². The van der Waals surface area contributed by atoms with Crippen LogP contribution in [0.5, 0.6) is 0 Å². The first-order chi connectivity index (χ1) is 9.06. The minimum absolute atomic E-state index is 0.0811. The summed E-state index contributed by atoms with van der Waals surface area (Å²) >= 11 is 11.6. The van der Waals surface area contributed by atoms with Crippen LogP contribution in [0.4, 0.5) is 11.5 Å². The molecule has 0 saturated carbocycles. The topological polar surface area (TPSA) is 93.8 Å². The number of nitrogens with two attached hydrogens (primary N) is 1. The van der Waals surface area contributed by atoms with Crippen molar-refractivity contribution in [1.82, 2.24) is 15.0 Å². The number of rotatable bonds is 3. The van der Waals surface area contributed by atoms with Gasteiger partial charge in [0, 0.05) is 5.69 Å². The van der Waals surface area contributed by atoms with Crippen molar-refractivity contribution in [2.45, 2.75) is 6.42 Å². The monoisotopic (exact) mass is 297 g/mol. The molecule has 0 aliphatic carbocycles. The van der Waals surface area contributed by atoms with E-state index < -0.39 is 0 Å². The molecule has 0 bridgehead atoms. The van der Waals surface area contributed by atoms with Gasteiger partial charge < -0.3 is 11.1 Å². The predicted octanol–water partition coefficient (Wildman–Crippen LogP) is 1.94. The number of amides is 1. The summed E-state index contributed by atoms with van der Waals surface area (Å²) in [4.78, 5) is 23.3. The van der Waals surface area contributed by atoms with Gasteiger partial charge >= 0.3 is 0 Å². The summed E-state index contributed by atoms with van der Waals surface area (Å²) in [6, 6.07) is 3.34. The molecule has 2 aromatic rings. The van der Waals surface area contributed by atoms with Gasteiger partial charge in [-0.1, -0.05) is 23.2 Å². The summed E-state index contributed by atoms with van der Waals surface area (Å²) in [5.41, 5.74) is 6.63. The average Bonchev–Trinajstić information content (AvgIpc) is 2.38. The Morgan fingerprint density at radius 1 is 1.26 bits per heavy atom. The van der Waals surface area contributed by atoms with E-state index in [2.05, 4.69) is 20.3 Å². The minimum atomic E-state index is -0.311. The molecule has 3 N–H and O–H groups in total. The third-order valence-corrected chi connectivity index (χ3v) is 2.94. The van der Waals surface area contributed by atoms with Gasteiger partial charge in [-0.3, -0.25) is 9.78 Å². The van der Waals surface area contributed by atoms with Crippen LogP contribution in [0.2, 0.25) is 10.2 Å². The van der Waals surface area contributed by atoms with E-state index in [1.165, 1.54) is 12.5 Å². The van der Waals surface area contributed by atoms with Crippen molar-refractivity contribution < 1.29 is 4.79 Å². The van der Waals surface area contributed by atoms with Gasteiger partial charge in [0.25, 0.3) is 0 Å². The number of pyridine rings is 1. The second-order valence-electron chi connectivity index (χ2n) is 3.63. The molecule has 0 aromatic carbocycles. The summed E-state index contributed by atoms with van der Waals surface area (Å²) in [6.07, 6.45) is 2.78. The lowest BCUT2D eigenvalue weighted by Crippen LogP contribution is -2.16. The normalized spacial score (nSPS) is 10.2. The van der Waals surface area contributed by atoms with Crippen molar-refractivity contribution >= 4 is 40.6 Å². The Hall–Kier alpha value is -1.92. The molecule has 98 valence electrons. The smallest absolute Gasteiger partial charge is 0.231 e. The third-order valence-electron chi connectivity index (χ3n) is 2.19. The molecule has 0 atom stereocenters. The van der Waals surface area contributed by atoms with Gasteiger partial charge in [-0.2, -0.15) is 0 Å². The zero-order chi connectivity index (χ0) is 13.8. The van der Waals surface area contributed by atoms with Gasteiger partial charge in [0.2, 0.25) is 5.91 Å². The molecule has 1 amide bonds. The lowest BCUT2D eigenvalue weighted by atomic mass is 10.2. The number of anilines is 2. The number of carbonyl (C=O) groups excluding carboxylic acids is 1. The van der Waals surface area contributed by atoms with Crippen molar-refractivity contribution in [2.24, 2.45) is 0 Å². The van der Waals surface area contributed by atoms with Crippen molar-refractivity contribution in [3.8, 4) is 0 Å². The van der Waals surface area contributed by atoms with Crippen LogP contribution in [0.15, 0.2) is 24.7 Å². The Kier molecular flexibility index (Phi) is 4.13. The molecule has 0 spiro atoms. The molecule has 8 heteroatoms. The maximum atomic E-state index is 11.8. The largest absolute Gasteiger partial charge is 0.397 e. The molecule has 0 unspecified atom stereocenters. The highest BCUT2D eigenvalue weighted by atomic mass is 35.5. The van der Waals surface area contributed by atoms with E-state index in [0.717, 1.165) is 0 Å². The molecular formula is C11H9Cl2N5O. The number of nitrogen functional groups attached to an aromatic ring is 1. The second-order valence-corrected chi connectivity index (χ2v) is 4.37. The molecular weight excluding hydrogens is 289 g/mol. The number of hydrogen-bond donors (Lipinski definition) is 2. The van der Waals surface area contributed by atoms with E-state index in [0.29, 0.717) is 11.4 Å². The Balaban J connectivity index is 2.05. The maximum absolute atomic E-state index is 11.8. The highest BCUT2D eigenvalue weighted by molar-refractivity contribution is 6.42. The minimum Gasteiger partial charge on any atom is -0.397 e. The fraction of sp³-hybridized carbons (Fsp3) is 0.0909. The van der Waals surface area contributed by atoms with Crippen molar-refractivity contribution in [3.63, 3.8) is 0 Å². The van der Waals surface area contributed by atoms with Crippen LogP contribution in [0, 0.1) is 0 Å². The molecule has 2 aromatic heterocycles. The number of carbonyl (C=O) groups is 1. The lowest BCUT2D eigenvalue weighted by molar-refractivity contribution is -0.115. The number of halogens is 2. The Morgan fingerprint density at radius 3 is 2.74 bits per heavy atom. The maximum Gasteiger partial charge on any atom is 0.231 e. The third kappa shape index (κ3) is 3.52. The summed E-state index contributed by atoms with van der Waals surface area (Å²) in [5.74, 6) is -0.143. The molecule has 0 aliphatic heterocycles. The first-order valence-corrected chi connectivity index (χ1v) is 5.98. The zero-order valence-corrected chi connectivity index (χ0v) is 11.1. The quantitative estimate of drug-likeness (QED) is 0.845. The van der Waals surface area contributed by atoms with Gasteiger partial charge in [-0.05, 0) is 12.1 Å². The van der Waals surface area contributed by atoms with E-state index >= 15 is 0 Å². The second kappa shape index (κ2) is 5.81.